The zero-order valence-corrected chi connectivity index (χ0v) is 21.8. The highest BCUT2D eigenvalue weighted by Gasteiger charge is 2.11. The van der Waals surface area contributed by atoms with E-state index in [0.717, 1.165) is 43.4 Å². The van der Waals surface area contributed by atoms with Crippen LogP contribution >= 0.6 is 27.3 Å². The zero-order valence-electron chi connectivity index (χ0n) is 17.8. The Labute approximate surface area is 211 Å². The number of halogens is 2. The molecule has 0 spiro atoms. The lowest BCUT2D eigenvalue weighted by atomic mass is 10.1. The van der Waals surface area contributed by atoms with Gasteiger partial charge in [0, 0.05) is 15.5 Å². The van der Waals surface area contributed by atoms with Gasteiger partial charge in [-0.15, -0.1) is 11.3 Å². The van der Waals surface area contributed by atoms with E-state index in [1.165, 1.54) is 0 Å². The van der Waals surface area contributed by atoms with Crippen molar-refractivity contribution in [3.63, 3.8) is 0 Å². The summed E-state index contributed by atoms with van der Waals surface area (Å²) in [6.07, 6.45) is 0. The van der Waals surface area contributed by atoms with Gasteiger partial charge in [-0.25, -0.2) is 4.99 Å². The standard InChI is InChI=1S/C25H23BrN2O2S.BrH/c1-3-29-22-13-9-20(10-14-22)27-25-28(21-11-15-23(16-12-21)30-4-2)24(17-31-25)18-5-7-19(26)8-6-18;/h5-17H,3-4H2,1-2H3;1H/p-1. The molecule has 0 fully saturated rings. The first-order chi connectivity index (χ1) is 15.2. The average molecular weight is 575 g/mol. The second kappa shape index (κ2) is 11.5. The van der Waals surface area contributed by atoms with Gasteiger partial charge in [-0.2, -0.15) is 0 Å². The third kappa shape index (κ3) is 5.71. The zero-order chi connectivity index (χ0) is 21.6. The van der Waals surface area contributed by atoms with Crippen molar-refractivity contribution >= 4 is 33.0 Å². The number of nitrogens with zero attached hydrogens (tertiary/aromatic N) is 2. The Kier molecular flexibility index (Phi) is 8.73. The third-order valence-electron chi connectivity index (χ3n) is 4.63. The van der Waals surface area contributed by atoms with Crippen molar-refractivity contribution < 1.29 is 26.5 Å². The molecule has 4 rings (SSSR count). The van der Waals surface area contributed by atoms with Crippen molar-refractivity contribution in [2.24, 2.45) is 4.99 Å². The topological polar surface area (TPSA) is 35.8 Å². The molecule has 1 aromatic heterocycles. The molecule has 0 aliphatic carbocycles. The molecule has 7 heteroatoms. The number of ether oxygens (including phenoxy) is 2. The van der Waals surface area contributed by atoms with E-state index in [2.05, 4.69) is 62.3 Å². The molecule has 0 saturated carbocycles. The van der Waals surface area contributed by atoms with Crippen LogP contribution < -0.4 is 31.3 Å². The van der Waals surface area contributed by atoms with Crippen molar-refractivity contribution in [3.05, 3.63) is 87.5 Å². The fraction of sp³-hybridized carbons (Fsp3) is 0.160. The number of rotatable bonds is 7. The summed E-state index contributed by atoms with van der Waals surface area (Å²) in [7, 11) is 0. The second-order valence-corrected chi connectivity index (χ2v) is 8.46. The lowest BCUT2D eigenvalue weighted by molar-refractivity contribution is -0.00000718. The minimum absolute atomic E-state index is 0. The summed E-state index contributed by atoms with van der Waals surface area (Å²) < 4.78 is 14.4. The maximum atomic E-state index is 5.62. The minimum atomic E-state index is 0. The Morgan fingerprint density at radius 2 is 1.38 bits per heavy atom. The summed E-state index contributed by atoms with van der Waals surface area (Å²) in [5.74, 6) is 1.71. The Morgan fingerprint density at radius 3 is 1.94 bits per heavy atom. The van der Waals surface area contributed by atoms with Gasteiger partial charge in [-0.3, -0.25) is 4.57 Å². The first-order valence-corrected chi connectivity index (χ1v) is 11.8. The predicted molar refractivity (Wildman–Crippen MR) is 131 cm³/mol. The summed E-state index contributed by atoms with van der Waals surface area (Å²) in [5.41, 5.74) is 4.13. The Morgan fingerprint density at radius 1 is 0.812 bits per heavy atom. The van der Waals surface area contributed by atoms with Crippen LogP contribution in [0.1, 0.15) is 13.8 Å². The monoisotopic (exact) mass is 573 g/mol. The molecule has 0 radical (unpaired) electrons. The maximum absolute atomic E-state index is 5.62. The summed E-state index contributed by atoms with van der Waals surface area (Å²) in [6, 6.07) is 24.3. The number of aromatic nitrogens is 1. The van der Waals surface area contributed by atoms with Gasteiger partial charge >= 0.3 is 0 Å². The highest BCUT2D eigenvalue weighted by Crippen LogP contribution is 2.27. The van der Waals surface area contributed by atoms with E-state index in [0.29, 0.717) is 13.2 Å². The van der Waals surface area contributed by atoms with Gasteiger partial charge in [0.25, 0.3) is 0 Å². The van der Waals surface area contributed by atoms with Crippen LogP contribution in [0.15, 0.2) is 87.6 Å². The average Bonchev–Trinajstić information content (AvgIpc) is 3.20. The van der Waals surface area contributed by atoms with E-state index < -0.39 is 0 Å². The van der Waals surface area contributed by atoms with Crippen molar-refractivity contribution in [1.82, 2.24) is 4.57 Å². The van der Waals surface area contributed by atoms with E-state index >= 15 is 0 Å². The maximum Gasteiger partial charge on any atom is 0.195 e. The summed E-state index contributed by atoms with van der Waals surface area (Å²) >= 11 is 5.14. The highest BCUT2D eigenvalue weighted by molar-refractivity contribution is 9.10. The number of hydrogen-bond donors (Lipinski definition) is 0. The molecule has 0 N–H and O–H groups in total. The highest BCUT2D eigenvalue weighted by atomic mass is 79.9. The molecule has 166 valence electrons. The van der Waals surface area contributed by atoms with E-state index in [1.807, 2.05) is 50.2 Å². The lowest BCUT2D eigenvalue weighted by Gasteiger charge is -2.11. The first-order valence-electron chi connectivity index (χ1n) is 10.1. The molecule has 0 bridgehead atoms. The van der Waals surface area contributed by atoms with E-state index in [1.54, 1.807) is 11.3 Å². The predicted octanol–water partition coefficient (Wildman–Crippen LogP) is 4.00. The van der Waals surface area contributed by atoms with Crippen molar-refractivity contribution in [3.8, 4) is 28.4 Å². The van der Waals surface area contributed by atoms with Crippen LogP contribution in [0.2, 0.25) is 0 Å². The number of hydrogen-bond acceptors (Lipinski definition) is 4. The van der Waals surface area contributed by atoms with Gasteiger partial charge in [-0.05, 0) is 80.1 Å². The van der Waals surface area contributed by atoms with Crippen LogP contribution in [0.3, 0.4) is 0 Å². The summed E-state index contributed by atoms with van der Waals surface area (Å²) in [5, 5.41) is 2.15. The van der Waals surface area contributed by atoms with Crippen LogP contribution in [0.25, 0.3) is 16.9 Å². The molecule has 0 aliphatic rings. The Bertz CT molecular complexity index is 1200. The minimum Gasteiger partial charge on any atom is -1.00 e. The Balaban J connectivity index is 0.00000289. The second-order valence-electron chi connectivity index (χ2n) is 6.71. The van der Waals surface area contributed by atoms with E-state index in [4.69, 9.17) is 14.5 Å². The van der Waals surface area contributed by atoms with Crippen LogP contribution in [-0.2, 0) is 0 Å². The quantitative estimate of drug-likeness (QED) is 0.334. The van der Waals surface area contributed by atoms with Gasteiger partial charge < -0.3 is 26.5 Å². The summed E-state index contributed by atoms with van der Waals surface area (Å²) in [6.45, 7) is 5.26. The van der Waals surface area contributed by atoms with Crippen LogP contribution in [0.5, 0.6) is 11.5 Å². The molecule has 0 aliphatic heterocycles. The van der Waals surface area contributed by atoms with Gasteiger partial charge in [0.2, 0.25) is 0 Å². The SMILES string of the molecule is CCOc1ccc(N=c2scc(-c3ccc(Br)cc3)n2-c2ccc(OCC)cc2)cc1.[Br-]. The molecule has 0 unspecified atom stereocenters. The van der Waals surface area contributed by atoms with E-state index in [9.17, 15) is 0 Å². The van der Waals surface area contributed by atoms with Gasteiger partial charge in [0.15, 0.2) is 4.80 Å². The van der Waals surface area contributed by atoms with E-state index in [-0.39, 0.29) is 17.0 Å². The molecule has 32 heavy (non-hydrogen) atoms. The number of thiazole rings is 1. The fourth-order valence-electron chi connectivity index (χ4n) is 3.21. The van der Waals surface area contributed by atoms with Crippen molar-refractivity contribution in [2.75, 3.05) is 13.2 Å². The number of benzene rings is 3. The van der Waals surface area contributed by atoms with Gasteiger partial charge in [0.05, 0.1) is 24.6 Å². The largest absolute Gasteiger partial charge is 1.00 e. The van der Waals surface area contributed by atoms with Crippen molar-refractivity contribution in [2.45, 2.75) is 13.8 Å². The van der Waals surface area contributed by atoms with Gasteiger partial charge in [0.1, 0.15) is 11.5 Å². The van der Waals surface area contributed by atoms with Crippen LogP contribution in [-0.4, -0.2) is 17.8 Å². The molecule has 1 heterocycles. The molecule has 4 aromatic rings. The molecule has 3 aromatic carbocycles. The molecular formula is C25H23Br2N2O2S-. The smallest absolute Gasteiger partial charge is 0.195 e. The van der Waals surface area contributed by atoms with Gasteiger partial charge in [-0.1, -0.05) is 28.1 Å². The molecule has 0 saturated heterocycles. The fourth-order valence-corrected chi connectivity index (χ4v) is 4.40. The lowest BCUT2D eigenvalue weighted by Crippen LogP contribution is -3.00. The normalized spacial score (nSPS) is 11.2. The van der Waals surface area contributed by atoms with Crippen LogP contribution in [0.4, 0.5) is 5.69 Å². The molecule has 4 nitrogen and oxygen atoms in total. The van der Waals surface area contributed by atoms with Crippen LogP contribution in [0, 0.1) is 0 Å². The Hall–Kier alpha value is -2.35. The molecule has 0 atom stereocenters. The first kappa shape index (κ1) is 24.3. The van der Waals surface area contributed by atoms with Crippen molar-refractivity contribution in [1.29, 1.82) is 0 Å². The molecular weight excluding hydrogens is 552 g/mol. The molecule has 0 amide bonds. The summed E-state index contributed by atoms with van der Waals surface area (Å²) in [4.78, 5) is 5.82. The third-order valence-corrected chi connectivity index (χ3v) is 5.98.